The number of carbonyl (C=O) groups is 3. The standard InChI is InChI=1S/C25H21NO6S/c27-23(26-14-6-9-17-7-2-1-3-8-17)16-32-25(29)18-12-13-20-22(15-18)33(30,31)21-11-5-4-10-19(21)24(20)28/h1-5,7-8,10-13,15H,6,9,14,16H2,(H,26,27). The highest BCUT2D eigenvalue weighted by Crippen LogP contribution is 2.34. The number of ether oxygens (including phenoxy) is 1. The van der Waals surface area contributed by atoms with Crippen molar-refractivity contribution in [3.05, 3.63) is 95.1 Å². The molecular formula is C25H21NO6S. The van der Waals surface area contributed by atoms with Crippen LogP contribution in [0.4, 0.5) is 0 Å². The van der Waals surface area contributed by atoms with Crippen molar-refractivity contribution in [3.8, 4) is 0 Å². The fraction of sp³-hybridized carbons (Fsp3) is 0.160. The van der Waals surface area contributed by atoms with E-state index in [9.17, 15) is 22.8 Å². The Bertz CT molecular complexity index is 1330. The highest BCUT2D eigenvalue weighted by Gasteiger charge is 2.35. The molecule has 8 heteroatoms. The molecule has 1 amide bonds. The van der Waals surface area contributed by atoms with E-state index in [-0.39, 0.29) is 26.5 Å². The predicted octanol–water partition coefficient (Wildman–Crippen LogP) is 2.97. The average molecular weight is 464 g/mol. The van der Waals surface area contributed by atoms with E-state index in [2.05, 4.69) is 5.32 Å². The lowest BCUT2D eigenvalue weighted by Gasteiger charge is -2.19. The molecule has 1 heterocycles. The van der Waals surface area contributed by atoms with E-state index in [1.54, 1.807) is 6.07 Å². The molecule has 0 atom stereocenters. The van der Waals surface area contributed by atoms with Gasteiger partial charge in [-0.2, -0.15) is 0 Å². The highest BCUT2D eigenvalue weighted by molar-refractivity contribution is 7.91. The molecule has 0 aliphatic carbocycles. The van der Waals surface area contributed by atoms with E-state index in [0.29, 0.717) is 6.54 Å². The number of fused-ring (bicyclic) bond motifs is 2. The molecule has 1 aliphatic rings. The highest BCUT2D eigenvalue weighted by atomic mass is 32.2. The zero-order chi connectivity index (χ0) is 23.4. The molecule has 0 radical (unpaired) electrons. The van der Waals surface area contributed by atoms with E-state index in [4.69, 9.17) is 4.74 Å². The number of hydrogen-bond donors (Lipinski definition) is 1. The Labute approximate surface area is 191 Å². The van der Waals surface area contributed by atoms with Crippen molar-refractivity contribution in [2.24, 2.45) is 0 Å². The average Bonchev–Trinajstić information content (AvgIpc) is 2.84. The van der Waals surface area contributed by atoms with E-state index in [1.807, 2.05) is 30.3 Å². The summed E-state index contributed by atoms with van der Waals surface area (Å²) in [6.45, 7) is -0.0559. The molecule has 33 heavy (non-hydrogen) atoms. The van der Waals surface area contributed by atoms with Crippen molar-refractivity contribution in [1.82, 2.24) is 5.32 Å². The van der Waals surface area contributed by atoms with Crippen LogP contribution in [0.15, 0.2) is 82.6 Å². The summed E-state index contributed by atoms with van der Waals surface area (Å²) in [5.41, 5.74) is 1.22. The molecule has 0 saturated heterocycles. The van der Waals surface area contributed by atoms with Crippen LogP contribution in [0.2, 0.25) is 0 Å². The van der Waals surface area contributed by atoms with Crippen molar-refractivity contribution in [1.29, 1.82) is 0 Å². The number of aryl methyl sites for hydroxylation is 1. The Hall–Kier alpha value is -3.78. The van der Waals surface area contributed by atoms with Crippen molar-refractivity contribution in [2.75, 3.05) is 13.2 Å². The molecule has 3 aromatic carbocycles. The normalized spacial score (nSPS) is 13.5. The first-order chi connectivity index (χ1) is 15.9. The fourth-order valence-corrected chi connectivity index (χ4v) is 5.32. The summed E-state index contributed by atoms with van der Waals surface area (Å²) in [6.07, 6.45) is 1.55. The number of ketones is 1. The van der Waals surface area contributed by atoms with Gasteiger partial charge in [0.2, 0.25) is 9.84 Å². The molecule has 0 bridgehead atoms. The van der Waals surface area contributed by atoms with E-state index in [1.165, 1.54) is 35.9 Å². The molecular weight excluding hydrogens is 442 g/mol. The van der Waals surface area contributed by atoms with Gasteiger partial charge in [-0.1, -0.05) is 42.5 Å². The monoisotopic (exact) mass is 463 g/mol. The number of esters is 1. The first-order valence-electron chi connectivity index (χ1n) is 10.4. The first kappa shape index (κ1) is 22.4. The lowest BCUT2D eigenvalue weighted by molar-refractivity contribution is -0.124. The van der Waals surface area contributed by atoms with Gasteiger partial charge in [-0.3, -0.25) is 9.59 Å². The Morgan fingerprint density at radius 1 is 0.848 bits per heavy atom. The van der Waals surface area contributed by atoms with Gasteiger partial charge in [0.15, 0.2) is 12.4 Å². The van der Waals surface area contributed by atoms with Crippen molar-refractivity contribution < 1.29 is 27.5 Å². The quantitative estimate of drug-likeness (QED) is 0.334. The number of rotatable bonds is 7. The summed E-state index contributed by atoms with van der Waals surface area (Å²) in [7, 11) is -3.97. The minimum Gasteiger partial charge on any atom is -0.452 e. The van der Waals surface area contributed by atoms with Crippen molar-refractivity contribution in [3.63, 3.8) is 0 Å². The SMILES string of the molecule is O=C(COC(=O)c1ccc2c(c1)S(=O)(=O)c1ccccc1C2=O)NCCCc1ccccc1. The van der Waals surface area contributed by atoms with Crippen LogP contribution < -0.4 is 5.32 Å². The zero-order valence-corrected chi connectivity index (χ0v) is 18.4. The Balaban J connectivity index is 1.36. The first-order valence-corrected chi connectivity index (χ1v) is 11.9. The van der Waals surface area contributed by atoms with Crippen LogP contribution in [0, 0.1) is 0 Å². The van der Waals surface area contributed by atoms with Crippen LogP contribution in [0.3, 0.4) is 0 Å². The zero-order valence-electron chi connectivity index (χ0n) is 17.6. The van der Waals surface area contributed by atoms with E-state index in [0.717, 1.165) is 18.9 Å². The third kappa shape index (κ3) is 4.70. The molecule has 168 valence electrons. The van der Waals surface area contributed by atoms with Gasteiger partial charge in [0.05, 0.1) is 15.4 Å². The topological polar surface area (TPSA) is 107 Å². The third-order valence-electron chi connectivity index (χ3n) is 5.31. The maximum atomic E-state index is 13.0. The second-order valence-corrected chi connectivity index (χ2v) is 9.44. The molecule has 0 aromatic heterocycles. The Morgan fingerprint density at radius 3 is 2.33 bits per heavy atom. The lowest BCUT2D eigenvalue weighted by atomic mass is 10.0. The molecule has 3 aromatic rings. The number of carbonyl (C=O) groups excluding carboxylic acids is 3. The Morgan fingerprint density at radius 2 is 1.55 bits per heavy atom. The van der Waals surface area contributed by atoms with Gasteiger partial charge in [0, 0.05) is 17.7 Å². The fourth-order valence-electron chi connectivity index (χ4n) is 3.64. The third-order valence-corrected chi connectivity index (χ3v) is 7.17. The summed E-state index contributed by atoms with van der Waals surface area (Å²) in [5.74, 6) is -1.73. The molecule has 0 unspecified atom stereocenters. The largest absolute Gasteiger partial charge is 0.452 e. The predicted molar refractivity (Wildman–Crippen MR) is 120 cm³/mol. The Kier molecular flexibility index (Phi) is 6.37. The maximum absolute atomic E-state index is 13.0. The molecule has 1 aliphatic heterocycles. The molecule has 1 N–H and O–H groups in total. The van der Waals surface area contributed by atoms with Crippen LogP contribution >= 0.6 is 0 Å². The molecule has 0 saturated carbocycles. The smallest absolute Gasteiger partial charge is 0.338 e. The number of nitrogens with one attached hydrogen (secondary N) is 1. The van der Waals surface area contributed by atoms with Crippen molar-refractivity contribution >= 4 is 27.5 Å². The molecule has 4 rings (SSSR count). The van der Waals surface area contributed by atoms with Crippen LogP contribution in [-0.2, 0) is 25.8 Å². The number of amides is 1. The van der Waals surface area contributed by atoms with Crippen LogP contribution in [0.5, 0.6) is 0 Å². The van der Waals surface area contributed by atoms with Crippen LogP contribution in [0.25, 0.3) is 0 Å². The summed E-state index contributed by atoms with van der Waals surface area (Å²) in [4.78, 5) is 36.7. The second kappa shape index (κ2) is 9.38. The van der Waals surface area contributed by atoms with Gasteiger partial charge in [-0.15, -0.1) is 0 Å². The summed E-state index contributed by atoms with van der Waals surface area (Å²) in [5, 5.41) is 2.68. The molecule has 0 fully saturated rings. The molecule has 0 spiro atoms. The van der Waals surface area contributed by atoms with Gasteiger partial charge < -0.3 is 10.1 Å². The van der Waals surface area contributed by atoms with Gasteiger partial charge >= 0.3 is 5.97 Å². The van der Waals surface area contributed by atoms with Gasteiger partial charge in [-0.25, -0.2) is 13.2 Å². The number of hydrogen-bond acceptors (Lipinski definition) is 6. The van der Waals surface area contributed by atoms with E-state index < -0.39 is 34.1 Å². The van der Waals surface area contributed by atoms with Crippen LogP contribution in [-0.4, -0.2) is 39.2 Å². The second-order valence-electron chi connectivity index (χ2n) is 7.55. The van der Waals surface area contributed by atoms with Gasteiger partial charge in [0.1, 0.15) is 0 Å². The van der Waals surface area contributed by atoms with Gasteiger partial charge in [-0.05, 0) is 48.7 Å². The lowest BCUT2D eigenvalue weighted by Crippen LogP contribution is -2.30. The van der Waals surface area contributed by atoms with Crippen LogP contribution in [0.1, 0.15) is 38.3 Å². The maximum Gasteiger partial charge on any atom is 0.338 e. The van der Waals surface area contributed by atoms with E-state index >= 15 is 0 Å². The summed E-state index contributed by atoms with van der Waals surface area (Å²) in [6, 6.07) is 19.5. The number of benzene rings is 3. The minimum atomic E-state index is -3.97. The summed E-state index contributed by atoms with van der Waals surface area (Å²) >= 11 is 0. The minimum absolute atomic E-state index is 0.00130. The molecule has 7 nitrogen and oxygen atoms in total. The number of sulfone groups is 1. The van der Waals surface area contributed by atoms with Crippen molar-refractivity contribution in [2.45, 2.75) is 22.6 Å². The van der Waals surface area contributed by atoms with Gasteiger partial charge in [0.25, 0.3) is 5.91 Å². The summed E-state index contributed by atoms with van der Waals surface area (Å²) < 4.78 is 31.0.